The van der Waals surface area contributed by atoms with Crippen LogP contribution in [0.15, 0.2) is 24.3 Å². The van der Waals surface area contributed by atoms with Crippen LogP contribution < -0.4 is 5.73 Å². The first-order valence-electron chi connectivity index (χ1n) is 5.97. The van der Waals surface area contributed by atoms with Gasteiger partial charge in [-0.05, 0) is 30.4 Å². The molecule has 84 valence electrons. The van der Waals surface area contributed by atoms with Crippen LogP contribution in [-0.2, 0) is 6.42 Å². The second-order valence-electron chi connectivity index (χ2n) is 4.69. The second kappa shape index (κ2) is 4.27. The highest BCUT2D eigenvalue weighted by atomic mass is 14.7. The molecule has 1 fully saturated rings. The number of hydrogen-bond donors (Lipinski definition) is 1. The normalized spacial score (nSPS) is 19.6. The molecule has 1 aromatic rings. The Bertz CT molecular complexity index is 396. The molecule has 1 saturated carbocycles. The summed E-state index contributed by atoms with van der Waals surface area (Å²) in [4.78, 5) is 0. The van der Waals surface area contributed by atoms with Crippen LogP contribution in [0.5, 0.6) is 0 Å². The molecule has 0 bridgehead atoms. The van der Waals surface area contributed by atoms with Crippen LogP contribution in [0.3, 0.4) is 0 Å². The van der Waals surface area contributed by atoms with Crippen molar-refractivity contribution < 1.29 is 0 Å². The molecule has 2 rings (SSSR count). The van der Waals surface area contributed by atoms with Crippen LogP contribution in [0.1, 0.15) is 43.4 Å². The van der Waals surface area contributed by atoms with Crippen LogP contribution >= 0.6 is 0 Å². The predicted octanol–water partition coefficient (Wildman–Crippen LogP) is 2.94. The standard InChI is InChI=1S/C14H18N2/c1-2-11-4-6-12(7-5-11)13(16)14(10-15)8-3-9-14/h4-7,13H,2-3,8-9,16H2,1H3. The van der Waals surface area contributed by atoms with Gasteiger partial charge in [0.05, 0.1) is 11.5 Å². The molecule has 1 atom stereocenters. The van der Waals surface area contributed by atoms with Crippen molar-refractivity contribution in [1.29, 1.82) is 5.26 Å². The van der Waals surface area contributed by atoms with Crippen molar-refractivity contribution in [1.82, 2.24) is 0 Å². The Morgan fingerprint density at radius 2 is 2.00 bits per heavy atom. The summed E-state index contributed by atoms with van der Waals surface area (Å²) in [7, 11) is 0. The monoisotopic (exact) mass is 214 g/mol. The second-order valence-corrected chi connectivity index (χ2v) is 4.69. The first-order chi connectivity index (χ1) is 7.72. The van der Waals surface area contributed by atoms with Gasteiger partial charge in [-0.3, -0.25) is 0 Å². The van der Waals surface area contributed by atoms with Gasteiger partial charge in [0, 0.05) is 6.04 Å². The molecule has 1 aromatic carbocycles. The van der Waals surface area contributed by atoms with Gasteiger partial charge in [0.1, 0.15) is 0 Å². The molecule has 16 heavy (non-hydrogen) atoms. The molecule has 1 aliphatic carbocycles. The van der Waals surface area contributed by atoms with E-state index in [-0.39, 0.29) is 11.5 Å². The lowest BCUT2D eigenvalue weighted by molar-refractivity contribution is 0.169. The third-order valence-electron chi connectivity index (χ3n) is 3.81. The number of benzene rings is 1. The highest BCUT2D eigenvalue weighted by Crippen LogP contribution is 2.48. The first-order valence-corrected chi connectivity index (χ1v) is 5.97. The van der Waals surface area contributed by atoms with Crippen molar-refractivity contribution in [3.8, 4) is 6.07 Å². The van der Waals surface area contributed by atoms with Gasteiger partial charge >= 0.3 is 0 Å². The Morgan fingerprint density at radius 3 is 2.38 bits per heavy atom. The molecule has 0 amide bonds. The summed E-state index contributed by atoms with van der Waals surface area (Å²) in [6, 6.07) is 10.6. The number of nitrogens with zero attached hydrogens (tertiary/aromatic N) is 1. The van der Waals surface area contributed by atoms with Crippen molar-refractivity contribution in [3.63, 3.8) is 0 Å². The van der Waals surface area contributed by atoms with Gasteiger partial charge in [-0.2, -0.15) is 5.26 Å². The quantitative estimate of drug-likeness (QED) is 0.841. The molecule has 0 saturated heterocycles. The Labute approximate surface area is 97.1 Å². The van der Waals surface area contributed by atoms with Crippen molar-refractivity contribution in [3.05, 3.63) is 35.4 Å². The Hall–Kier alpha value is -1.33. The largest absolute Gasteiger partial charge is 0.323 e. The van der Waals surface area contributed by atoms with E-state index < -0.39 is 0 Å². The summed E-state index contributed by atoms with van der Waals surface area (Å²) < 4.78 is 0. The zero-order valence-corrected chi connectivity index (χ0v) is 9.74. The van der Waals surface area contributed by atoms with E-state index in [0.29, 0.717) is 0 Å². The summed E-state index contributed by atoms with van der Waals surface area (Å²) in [6.45, 7) is 2.14. The van der Waals surface area contributed by atoms with Gasteiger partial charge in [-0.25, -0.2) is 0 Å². The average Bonchev–Trinajstić information content (AvgIpc) is 2.28. The Morgan fingerprint density at radius 1 is 1.38 bits per heavy atom. The SMILES string of the molecule is CCc1ccc(C(N)C2(C#N)CCC2)cc1. The summed E-state index contributed by atoms with van der Waals surface area (Å²) in [5, 5.41) is 9.24. The van der Waals surface area contributed by atoms with Crippen LogP contribution in [0, 0.1) is 16.7 Å². The molecule has 0 radical (unpaired) electrons. The van der Waals surface area contributed by atoms with Gasteiger partial charge in [0.15, 0.2) is 0 Å². The maximum Gasteiger partial charge on any atom is 0.0766 e. The molecule has 2 heteroatoms. The predicted molar refractivity (Wildman–Crippen MR) is 64.6 cm³/mol. The molecule has 0 aromatic heterocycles. The highest BCUT2D eigenvalue weighted by molar-refractivity contribution is 5.29. The van der Waals surface area contributed by atoms with Crippen LogP contribution in [0.4, 0.5) is 0 Å². The Balaban J connectivity index is 2.20. The lowest BCUT2D eigenvalue weighted by Crippen LogP contribution is -2.39. The molecule has 1 unspecified atom stereocenters. The molecule has 0 heterocycles. The summed E-state index contributed by atoms with van der Waals surface area (Å²) in [5.41, 5.74) is 8.33. The topological polar surface area (TPSA) is 49.8 Å². The van der Waals surface area contributed by atoms with Gasteiger partial charge in [0.2, 0.25) is 0 Å². The smallest absolute Gasteiger partial charge is 0.0766 e. The van der Waals surface area contributed by atoms with Gasteiger partial charge in [-0.1, -0.05) is 37.6 Å². The minimum absolute atomic E-state index is 0.128. The van der Waals surface area contributed by atoms with Crippen LogP contribution in [0.2, 0.25) is 0 Å². The third kappa shape index (κ3) is 1.72. The average molecular weight is 214 g/mol. The summed E-state index contributed by atoms with van der Waals surface area (Å²) in [6.07, 6.45) is 4.06. The molecule has 2 nitrogen and oxygen atoms in total. The maximum absolute atomic E-state index is 9.24. The number of rotatable bonds is 3. The minimum Gasteiger partial charge on any atom is -0.323 e. The Kier molecular flexibility index (Phi) is 2.98. The fraction of sp³-hybridized carbons (Fsp3) is 0.500. The number of hydrogen-bond acceptors (Lipinski definition) is 2. The number of nitriles is 1. The van der Waals surface area contributed by atoms with Crippen molar-refractivity contribution in [2.75, 3.05) is 0 Å². The third-order valence-corrected chi connectivity index (χ3v) is 3.81. The van der Waals surface area contributed by atoms with Crippen LogP contribution in [-0.4, -0.2) is 0 Å². The zero-order chi connectivity index (χ0) is 11.6. The van der Waals surface area contributed by atoms with E-state index in [1.807, 2.05) is 0 Å². The van der Waals surface area contributed by atoms with Gasteiger partial charge < -0.3 is 5.73 Å². The fourth-order valence-corrected chi connectivity index (χ4v) is 2.33. The van der Waals surface area contributed by atoms with Crippen LogP contribution in [0.25, 0.3) is 0 Å². The van der Waals surface area contributed by atoms with Crippen molar-refractivity contribution in [2.45, 2.75) is 38.6 Å². The summed E-state index contributed by atoms with van der Waals surface area (Å²) in [5.74, 6) is 0. The summed E-state index contributed by atoms with van der Waals surface area (Å²) >= 11 is 0. The molecule has 0 aliphatic heterocycles. The van der Waals surface area contributed by atoms with E-state index >= 15 is 0 Å². The molecule has 0 spiro atoms. The molecule has 1 aliphatic rings. The van der Waals surface area contributed by atoms with Crippen molar-refractivity contribution in [2.24, 2.45) is 11.1 Å². The van der Waals surface area contributed by atoms with Gasteiger partial charge in [0.25, 0.3) is 0 Å². The maximum atomic E-state index is 9.24. The van der Waals surface area contributed by atoms with E-state index in [2.05, 4.69) is 37.3 Å². The van der Waals surface area contributed by atoms with E-state index in [4.69, 9.17) is 5.73 Å². The molecular formula is C14H18N2. The highest BCUT2D eigenvalue weighted by Gasteiger charge is 2.43. The van der Waals surface area contributed by atoms with E-state index in [1.165, 1.54) is 5.56 Å². The number of nitrogens with two attached hydrogens (primary N) is 1. The van der Waals surface area contributed by atoms with E-state index in [0.717, 1.165) is 31.2 Å². The number of aryl methyl sites for hydroxylation is 1. The lowest BCUT2D eigenvalue weighted by atomic mass is 9.64. The van der Waals surface area contributed by atoms with E-state index in [9.17, 15) is 5.26 Å². The zero-order valence-electron chi connectivity index (χ0n) is 9.74. The van der Waals surface area contributed by atoms with Crippen molar-refractivity contribution >= 4 is 0 Å². The molecule has 2 N–H and O–H groups in total. The fourth-order valence-electron chi connectivity index (χ4n) is 2.33. The van der Waals surface area contributed by atoms with E-state index in [1.54, 1.807) is 0 Å². The molecular weight excluding hydrogens is 196 g/mol. The minimum atomic E-state index is -0.298. The van der Waals surface area contributed by atoms with Gasteiger partial charge in [-0.15, -0.1) is 0 Å². The lowest BCUT2D eigenvalue weighted by Gasteiger charge is -2.40. The first kappa shape index (κ1) is 11.2.